The van der Waals surface area contributed by atoms with Crippen LogP contribution in [0.25, 0.3) is 0 Å². The standard InChI is InChI=1S/C22H30N4O2/c1-3-17-9-8-12-19(15-17)26-21(28)16-25-22(23-4-2)24-14-13-20(27)18-10-6-5-7-11-18/h5-12,15,20,27H,3-4,13-14,16H2,1-2H3,(H,26,28)(H2,23,24,25). The maximum Gasteiger partial charge on any atom is 0.246 e. The second-order valence-electron chi connectivity index (χ2n) is 6.44. The van der Waals surface area contributed by atoms with Gasteiger partial charge in [-0.25, -0.2) is 4.99 Å². The van der Waals surface area contributed by atoms with Gasteiger partial charge in [0.25, 0.3) is 0 Å². The van der Waals surface area contributed by atoms with E-state index in [-0.39, 0.29) is 12.5 Å². The van der Waals surface area contributed by atoms with Crippen LogP contribution in [0.5, 0.6) is 0 Å². The minimum absolute atomic E-state index is 0.0208. The Morgan fingerprint density at radius 2 is 1.86 bits per heavy atom. The lowest BCUT2D eigenvalue weighted by molar-refractivity contribution is -0.114. The second kappa shape index (κ2) is 11.8. The van der Waals surface area contributed by atoms with Crippen molar-refractivity contribution in [3.63, 3.8) is 0 Å². The lowest BCUT2D eigenvalue weighted by Gasteiger charge is -2.14. The minimum Gasteiger partial charge on any atom is -0.388 e. The third-order valence-corrected chi connectivity index (χ3v) is 4.24. The average molecular weight is 383 g/mol. The van der Waals surface area contributed by atoms with Crippen molar-refractivity contribution in [2.24, 2.45) is 4.99 Å². The van der Waals surface area contributed by atoms with Crippen molar-refractivity contribution in [2.45, 2.75) is 32.8 Å². The fraction of sp³-hybridized carbons (Fsp3) is 0.364. The molecule has 150 valence electrons. The van der Waals surface area contributed by atoms with Crippen molar-refractivity contribution in [2.75, 3.05) is 25.0 Å². The number of hydrogen-bond acceptors (Lipinski definition) is 3. The highest BCUT2D eigenvalue weighted by Crippen LogP contribution is 2.14. The van der Waals surface area contributed by atoms with Crippen LogP contribution in [0.1, 0.15) is 37.5 Å². The Labute approximate surface area is 167 Å². The summed E-state index contributed by atoms with van der Waals surface area (Å²) in [6, 6.07) is 17.4. The number of nitrogens with zero attached hydrogens (tertiary/aromatic N) is 1. The summed E-state index contributed by atoms with van der Waals surface area (Å²) < 4.78 is 0. The van der Waals surface area contributed by atoms with Gasteiger partial charge in [-0.3, -0.25) is 4.79 Å². The Kier molecular flexibility index (Phi) is 9.01. The Hall–Kier alpha value is -2.86. The molecule has 4 N–H and O–H groups in total. The van der Waals surface area contributed by atoms with Crippen LogP contribution < -0.4 is 16.0 Å². The number of aliphatic hydroxyl groups is 1. The van der Waals surface area contributed by atoms with Gasteiger partial charge in [-0.15, -0.1) is 0 Å². The molecule has 2 rings (SSSR count). The lowest BCUT2D eigenvalue weighted by atomic mass is 10.1. The van der Waals surface area contributed by atoms with Gasteiger partial charge in [-0.1, -0.05) is 49.4 Å². The molecule has 0 radical (unpaired) electrons. The summed E-state index contributed by atoms with van der Waals surface area (Å²) in [7, 11) is 0. The number of amides is 1. The number of aryl methyl sites for hydroxylation is 1. The number of nitrogens with one attached hydrogen (secondary N) is 3. The molecule has 0 heterocycles. The van der Waals surface area contributed by atoms with E-state index in [0.717, 1.165) is 17.7 Å². The molecule has 2 aromatic rings. The summed E-state index contributed by atoms with van der Waals surface area (Å²) in [4.78, 5) is 16.5. The van der Waals surface area contributed by atoms with Crippen LogP contribution in [0, 0.1) is 0 Å². The van der Waals surface area contributed by atoms with Crippen molar-refractivity contribution in [1.82, 2.24) is 10.6 Å². The number of hydrogen-bond donors (Lipinski definition) is 4. The Balaban J connectivity index is 1.82. The van der Waals surface area contributed by atoms with E-state index in [9.17, 15) is 9.90 Å². The molecular weight excluding hydrogens is 352 g/mol. The molecule has 0 bridgehead atoms. The Morgan fingerprint density at radius 3 is 2.57 bits per heavy atom. The molecule has 6 heteroatoms. The van der Waals surface area contributed by atoms with E-state index in [0.29, 0.717) is 25.5 Å². The normalized spacial score (nSPS) is 12.3. The highest BCUT2D eigenvalue weighted by molar-refractivity contribution is 5.94. The number of benzene rings is 2. The predicted octanol–water partition coefficient (Wildman–Crippen LogP) is 2.87. The Bertz CT molecular complexity index is 762. The first-order valence-electron chi connectivity index (χ1n) is 9.76. The number of carbonyl (C=O) groups is 1. The van der Waals surface area contributed by atoms with Gasteiger partial charge in [0.1, 0.15) is 6.54 Å². The highest BCUT2D eigenvalue weighted by atomic mass is 16.3. The maximum atomic E-state index is 12.2. The third-order valence-electron chi connectivity index (χ3n) is 4.24. The number of carbonyl (C=O) groups excluding carboxylic acids is 1. The van der Waals surface area contributed by atoms with Gasteiger partial charge < -0.3 is 21.1 Å². The molecule has 0 aliphatic heterocycles. The highest BCUT2D eigenvalue weighted by Gasteiger charge is 2.08. The zero-order valence-corrected chi connectivity index (χ0v) is 16.6. The van der Waals surface area contributed by atoms with Gasteiger partial charge >= 0.3 is 0 Å². The van der Waals surface area contributed by atoms with E-state index in [1.54, 1.807) is 0 Å². The van der Waals surface area contributed by atoms with Crippen molar-refractivity contribution < 1.29 is 9.90 Å². The topological polar surface area (TPSA) is 85.8 Å². The number of guanidine groups is 1. The van der Waals surface area contributed by atoms with Gasteiger partial charge in [-0.2, -0.15) is 0 Å². The van der Waals surface area contributed by atoms with Gasteiger partial charge in [-0.05, 0) is 43.0 Å². The van der Waals surface area contributed by atoms with Gasteiger partial charge in [0, 0.05) is 18.8 Å². The van der Waals surface area contributed by atoms with Crippen LogP contribution in [0.2, 0.25) is 0 Å². The van der Waals surface area contributed by atoms with Crippen LogP contribution in [-0.2, 0) is 11.2 Å². The summed E-state index contributed by atoms with van der Waals surface area (Å²) >= 11 is 0. The van der Waals surface area contributed by atoms with E-state index < -0.39 is 6.10 Å². The zero-order chi connectivity index (χ0) is 20.2. The molecule has 1 atom stereocenters. The van der Waals surface area contributed by atoms with Crippen LogP contribution >= 0.6 is 0 Å². The SMILES string of the molecule is CCNC(=NCC(=O)Nc1cccc(CC)c1)NCCC(O)c1ccccc1. The molecule has 0 spiro atoms. The number of aliphatic hydroxyl groups excluding tert-OH is 1. The summed E-state index contributed by atoms with van der Waals surface area (Å²) in [5, 5.41) is 19.4. The molecule has 1 amide bonds. The molecule has 28 heavy (non-hydrogen) atoms. The summed E-state index contributed by atoms with van der Waals surface area (Å²) in [6.07, 6.45) is 0.932. The zero-order valence-electron chi connectivity index (χ0n) is 16.6. The van der Waals surface area contributed by atoms with E-state index in [1.165, 1.54) is 5.56 Å². The van der Waals surface area contributed by atoms with Crippen molar-refractivity contribution in [3.05, 3.63) is 65.7 Å². The maximum absolute atomic E-state index is 12.2. The van der Waals surface area contributed by atoms with Gasteiger partial charge in [0.15, 0.2) is 5.96 Å². The third kappa shape index (κ3) is 7.40. The van der Waals surface area contributed by atoms with Crippen molar-refractivity contribution >= 4 is 17.6 Å². The lowest BCUT2D eigenvalue weighted by Crippen LogP contribution is -2.38. The van der Waals surface area contributed by atoms with Crippen molar-refractivity contribution in [3.8, 4) is 0 Å². The van der Waals surface area contributed by atoms with E-state index in [4.69, 9.17) is 0 Å². The monoisotopic (exact) mass is 382 g/mol. The van der Waals surface area contributed by atoms with Gasteiger partial charge in [0.05, 0.1) is 6.10 Å². The molecule has 0 saturated carbocycles. The average Bonchev–Trinajstić information content (AvgIpc) is 2.72. The van der Waals surface area contributed by atoms with Crippen LogP contribution in [0.4, 0.5) is 5.69 Å². The molecule has 0 aromatic heterocycles. The number of aliphatic imine (C=N–C) groups is 1. The summed E-state index contributed by atoms with van der Waals surface area (Å²) in [5.41, 5.74) is 2.84. The van der Waals surface area contributed by atoms with Crippen molar-refractivity contribution in [1.29, 1.82) is 0 Å². The van der Waals surface area contributed by atoms with Crippen LogP contribution in [-0.4, -0.2) is 36.6 Å². The molecule has 0 saturated heterocycles. The molecule has 1 unspecified atom stereocenters. The smallest absolute Gasteiger partial charge is 0.246 e. The summed E-state index contributed by atoms with van der Waals surface area (Å²) in [5.74, 6) is 0.384. The molecule has 0 aliphatic carbocycles. The van der Waals surface area contributed by atoms with E-state index >= 15 is 0 Å². The van der Waals surface area contributed by atoms with Crippen LogP contribution in [0.3, 0.4) is 0 Å². The fourth-order valence-electron chi connectivity index (χ4n) is 2.73. The van der Waals surface area contributed by atoms with Crippen LogP contribution in [0.15, 0.2) is 59.6 Å². The van der Waals surface area contributed by atoms with E-state index in [2.05, 4.69) is 27.9 Å². The molecular formula is C22H30N4O2. The molecule has 0 fully saturated rings. The largest absolute Gasteiger partial charge is 0.388 e. The van der Waals surface area contributed by atoms with E-state index in [1.807, 2.05) is 61.5 Å². The number of anilines is 1. The first-order valence-corrected chi connectivity index (χ1v) is 9.76. The first kappa shape index (κ1) is 21.4. The fourth-order valence-corrected chi connectivity index (χ4v) is 2.73. The Morgan fingerprint density at radius 1 is 1.07 bits per heavy atom. The quantitative estimate of drug-likeness (QED) is 0.397. The number of rotatable bonds is 9. The minimum atomic E-state index is -0.536. The summed E-state index contributed by atoms with van der Waals surface area (Å²) in [6.45, 7) is 5.29. The molecule has 6 nitrogen and oxygen atoms in total. The second-order valence-corrected chi connectivity index (χ2v) is 6.44. The molecule has 0 aliphatic rings. The van der Waals surface area contributed by atoms with Gasteiger partial charge in [0.2, 0.25) is 5.91 Å². The first-order chi connectivity index (χ1) is 13.6. The molecule has 2 aromatic carbocycles. The predicted molar refractivity (Wildman–Crippen MR) is 114 cm³/mol.